The Morgan fingerprint density at radius 3 is 2.92 bits per heavy atom. The van der Waals surface area contributed by atoms with Gasteiger partial charge in [0, 0.05) is 23.1 Å². The number of nitrogens with zero attached hydrogens (tertiary/aromatic N) is 2. The van der Waals surface area contributed by atoms with Gasteiger partial charge in [-0.2, -0.15) is 0 Å². The highest BCUT2D eigenvalue weighted by Gasteiger charge is 2.44. The molecule has 1 aliphatic carbocycles. The summed E-state index contributed by atoms with van der Waals surface area (Å²) in [6.07, 6.45) is 6.42. The van der Waals surface area contributed by atoms with Crippen LogP contribution in [0.1, 0.15) is 49.9 Å². The summed E-state index contributed by atoms with van der Waals surface area (Å²) < 4.78 is 5.98. The summed E-state index contributed by atoms with van der Waals surface area (Å²) in [6, 6.07) is 10.5. The van der Waals surface area contributed by atoms with E-state index in [9.17, 15) is 0 Å². The van der Waals surface area contributed by atoms with E-state index in [1.807, 2.05) is 6.07 Å². The zero-order chi connectivity index (χ0) is 17.7. The van der Waals surface area contributed by atoms with Crippen molar-refractivity contribution in [2.24, 2.45) is 5.92 Å². The first-order valence-corrected chi connectivity index (χ1v) is 9.76. The third-order valence-electron chi connectivity index (χ3n) is 6.41. The SMILES string of the molecule is CC(c1nc2ncc(Cl)cc2[nH]1)C1CCC2(CC1)COc1ccccc12. The standard InChI is InChI=1S/C21H22ClN3O/c1-13(19-24-17-10-15(22)11-23-20(17)25-19)14-6-8-21(9-7-14)12-26-18-5-3-2-4-16(18)21/h2-5,10-11,13-14H,6-9,12H2,1H3,(H,23,24,25). The summed E-state index contributed by atoms with van der Waals surface area (Å²) in [5, 5.41) is 0.639. The maximum atomic E-state index is 6.04. The summed E-state index contributed by atoms with van der Waals surface area (Å²) in [5.41, 5.74) is 3.30. The van der Waals surface area contributed by atoms with E-state index in [4.69, 9.17) is 21.3 Å². The second kappa shape index (κ2) is 5.98. The van der Waals surface area contributed by atoms with Gasteiger partial charge in [-0.05, 0) is 43.7 Å². The molecule has 1 atom stereocenters. The van der Waals surface area contributed by atoms with Gasteiger partial charge in [-0.15, -0.1) is 0 Å². The molecule has 3 heterocycles. The smallest absolute Gasteiger partial charge is 0.177 e. The van der Waals surface area contributed by atoms with Gasteiger partial charge in [0.15, 0.2) is 5.65 Å². The van der Waals surface area contributed by atoms with Crippen LogP contribution in [0.3, 0.4) is 0 Å². The summed E-state index contributed by atoms with van der Waals surface area (Å²) in [7, 11) is 0. The lowest BCUT2D eigenvalue weighted by Gasteiger charge is -2.38. The predicted molar refractivity (Wildman–Crippen MR) is 103 cm³/mol. The average Bonchev–Trinajstić information content (AvgIpc) is 3.24. The van der Waals surface area contributed by atoms with Crippen molar-refractivity contribution in [3.05, 3.63) is 52.9 Å². The fraction of sp³-hybridized carbons (Fsp3) is 0.429. The molecule has 0 bridgehead atoms. The van der Waals surface area contributed by atoms with Crippen LogP contribution in [0.25, 0.3) is 11.2 Å². The molecule has 0 radical (unpaired) electrons. The highest BCUT2D eigenvalue weighted by Crippen LogP contribution is 2.50. The van der Waals surface area contributed by atoms with Crippen molar-refractivity contribution >= 4 is 22.8 Å². The molecule has 1 aromatic carbocycles. The number of hydrogen-bond acceptors (Lipinski definition) is 3. The Balaban J connectivity index is 1.35. The van der Waals surface area contributed by atoms with Crippen LogP contribution in [-0.2, 0) is 5.41 Å². The molecule has 1 spiro atoms. The van der Waals surface area contributed by atoms with Gasteiger partial charge in [0.25, 0.3) is 0 Å². The minimum absolute atomic E-state index is 0.218. The van der Waals surface area contributed by atoms with Crippen LogP contribution in [-0.4, -0.2) is 21.6 Å². The third kappa shape index (κ3) is 2.50. The lowest BCUT2D eigenvalue weighted by Crippen LogP contribution is -2.34. The number of aromatic nitrogens is 3. The number of aromatic amines is 1. The number of rotatable bonds is 2. The van der Waals surface area contributed by atoms with E-state index in [2.05, 4.69) is 41.2 Å². The van der Waals surface area contributed by atoms with Crippen molar-refractivity contribution in [2.75, 3.05) is 6.61 Å². The van der Waals surface area contributed by atoms with Crippen LogP contribution in [0.15, 0.2) is 36.5 Å². The number of ether oxygens (including phenoxy) is 1. The van der Waals surface area contributed by atoms with Crippen LogP contribution in [0.5, 0.6) is 5.75 Å². The van der Waals surface area contributed by atoms with Gasteiger partial charge in [-0.1, -0.05) is 36.7 Å². The van der Waals surface area contributed by atoms with Crippen molar-refractivity contribution < 1.29 is 4.74 Å². The molecule has 1 saturated carbocycles. The molecule has 4 nitrogen and oxygen atoms in total. The van der Waals surface area contributed by atoms with E-state index in [0.717, 1.165) is 29.3 Å². The normalized spacial score (nSPS) is 26.0. The number of pyridine rings is 1. The summed E-state index contributed by atoms with van der Waals surface area (Å²) in [6.45, 7) is 3.11. The average molecular weight is 368 g/mol. The summed E-state index contributed by atoms with van der Waals surface area (Å²) in [4.78, 5) is 12.5. The summed E-state index contributed by atoms with van der Waals surface area (Å²) >= 11 is 6.04. The Hall–Kier alpha value is -2.07. The Morgan fingerprint density at radius 1 is 1.27 bits per heavy atom. The van der Waals surface area contributed by atoms with Crippen LogP contribution in [0.2, 0.25) is 5.02 Å². The second-order valence-corrected chi connectivity index (χ2v) is 8.27. The van der Waals surface area contributed by atoms with E-state index in [-0.39, 0.29) is 5.41 Å². The minimum atomic E-state index is 0.218. The number of halogens is 1. The van der Waals surface area contributed by atoms with Gasteiger partial charge in [0.05, 0.1) is 17.1 Å². The van der Waals surface area contributed by atoms with E-state index >= 15 is 0 Å². The predicted octanol–water partition coefficient (Wildman–Crippen LogP) is 5.24. The maximum absolute atomic E-state index is 6.04. The Kier molecular flexibility index (Phi) is 3.71. The van der Waals surface area contributed by atoms with Crippen molar-refractivity contribution in [3.63, 3.8) is 0 Å². The third-order valence-corrected chi connectivity index (χ3v) is 6.62. The van der Waals surface area contributed by atoms with Gasteiger partial charge >= 0.3 is 0 Å². The van der Waals surface area contributed by atoms with Gasteiger partial charge in [-0.25, -0.2) is 9.97 Å². The zero-order valence-corrected chi connectivity index (χ0v) is 15.6. The molecule has 1 unspecified atom stereocenters. The van der Waals surface area contributed by atoms with E-state index in [1.54, 1.807) is 6.20 Å². The first-order valence-electron chi connectivity index (χ1n) is 9.38. The summed E-state index contributed by atoms with van der Waals surface area (Å²) in [5.74, 6) is 3.13. The Labute approximate surface area is 158 Å². The van der Waals surface area contributed by atoms with E-state index in [1.165, 1.54) is 31.2 Å². The molecule has 3 aromatic rings. The van der Waals surface area contributed by atoms with Gasteiger partial charge in [0.1, 0.15) is 11.6 Å². The molecule has 2 aromatic heterocycles. The van der Waals surface area contributed by atoms with Crippen molar-refractivity contribution in [3.8, 4) is 5.75 Å². The van der Waals surface area contributed by atoms with Crippen LogP contribution >= 0.6 is 11.6 Å². The molecule has 0 saturated heterocycles. The van der Waals surface area contributed by atoms with Gasteiger partial charge in [0.2, 0.25) is 0 Å². The fourth-order valence-electron chi connectivity index (χ4n) is 4.76. The quantitative estimate of drug-likeness (QED) is 0.674. The molecule has 134 valence electrons. The molecule has 1 aliphatic heterocycles. The van der Waals surface area contributed by atoms with Gasteiger partial charge in [-0.3, -0.25) is 0 Å². The van der Waals surface area contributed by atoms with Crippen molar-refractivity contribution in [1.82, 2.24) is 15.0 Å². The van der Waals surface area contributed by atoms with Crippen LogP contribution < -0.4 is 4.74 Å². The molecule has 5 rings (SSSR count). The first-order chi connectivity index (χ1) is 12.6. The highest BCUT2D eigenvalue weighted by atomic mass is 35.5. The number of fused-ring (bicyclic) bond motifs is 3. The van der Waals surface area contributed by atoms with Gasteiger partial charge < -0.3 is 9.72 Å². The number of imidazole rings is 1. The molecule has 1 N–H and O–H groups in total. The zero-order valence-electron chi connectivity index (χ0n) is 14.8. The lowest BCUT2D eigenvalue weighted by molar-refractivity contribution is 0.169. The molecular weight excluding hydrogens is 346 g/mol. The van der Waals surface area contributed by atoms with Crippen LogP contribution in [0, 0.1) is 5.92 Å². The Bertz CT molecular complexity index is 959. The number of benzene rings is 1. The number of H-pyrrole nitrogens is 1. The largest absolute Gasteiger partial charge is 0.492 e. The molecule has 26 heavy (non-hydrogen) atoms. The molecule has 1 fully saturated rings. The van der Waals surface area contributed by atoms with E-state index < -0.39 is 0 Å². The second-order valence-electron chi connectivity index (χ2n) is 7.84. The first kappa shape index (κ1) is 16.1. The van der Waals surface area contributed by atoms with E-state index in [0.29, 0.717) is 16.9 Å². The number of nitrogens with one attached hydrogen (secondary N) is 1. The highest BCUT2D eigenvalue weighted by molar-refractivity contribution is 6.31. The Morgan fingerprint density at radius 2 is 2.08 bits per heavy atom. The number of para-hydroxylation sites is 1. The van der Waals surface area contributed by atoms with Crippen molar-refractivity contribution in [1.29, 1.82) is 0 Å². The number of hydrogen-bond donors (Lipinski definition) is 1. The van der Waals surface area contributed by atoms with Crippen molar-refractivity contribution in [2.45, 2.75) is 43.9 Å². The lowest BCUT2D eigenvalue weighted by atomic mass is 9.65. The minimum Gasteiger partial charge on any atom is -0.492 e. The molecule has 5 heteroatoms. The van der Waals surface area contributed by atoms with Crippen LogP contribution in [0.4, 0.5) is 0 Å². The maximum Gasteiger partial charge on any atom is 0.177 e. The molecule has 2 aliphatic rings. The monoisotopic (exact) mass is 367 g/mol. The molecular formula is C21H22ClN3O. The topological polar surface area (TPSA) is 50.8 Å². The molecule has 0 amide bonds. The fourth-order valence-corrected chi connectivity index (χ4v) is 4.92.